The van der Waals surface area contributed by atoms with Crippen molar-refractivity contribution in [2.45, 2.75) is 43.2 Å². The van der Waals surface area contributed by atoms with E-state index in [0.717, 1.165) is 23.3 Å². The number of aliphatic carboxylic acids is 1. The van der Waals surface area contributed by atoms with E-state index in [-0.39, 0.29) is 12.3 Å². The van der Waals surface area contributed by atoms with Gasteiger partial charge in [-0.1, -0.05) is 18.2 Å². The number of hydrogen-bond acceptors (Lipinski definition) is 2. The maximum Gasteiger partial charge on any atom is 0.416 e. The summed E-state index contributed by atoms with van der Waals surface area (Å²) in [5.74, 6) is -0.806. The summed E-state index contributed by atoms with van der Waals surface area (Å²) in [6.07, 6.45) is -3.06. The first-order valence-corrected chi connectivity index (χ1v) is 10.4. The normalized spacial score (nSPS) is 17.2. The first kappa shape index (κ1) is 21.5. The highest BCUT2D eigenvalue weighted by Crippen LogP contribution is 2.33. The molecular weight excluding hydrogens is 403 g/mol. The second-order valence-electron chi connectivity index (χ2n) is 7.23. The van der Waals surface area contributed by atoms with E-state index in [1.54, 1.807) is 18.2 Å². The van der Waals surface area contributed by atoms with E-state index < -0.39 is 28.7 Å². The zero-order valence-electron chi connectivity index (χ0n) is 15.9. The van der Waals surface area contributed by atoms with E-state index in [1.807, 2.05) is 11.2 Å². The van der Waals surface area contributed by atoms with Crippen molar-refractivity contribution in [2.24, 2.45) is 0 Å². The number of carbonyl (C=O) groups is 1. The molecule has 2 aromatic rings. The van der Waals surface area contributed by atoms with Crippen LogP contribution in [0, 0.1) is 6.92 Å². The Labute approximate surface area is 169 Å². The Kier molecular flexibility index (Phi) is 6.43. The highest BCUT2D eigenvalue weighted by Gasteiger charge is 2.31. The van der Waals surface area contributed by atoms with Gasteiger partial charge in [-0.25, -0.2) is 8.51 Å². The predicted molar refractivity (Wildman–Crippen MR) is 104 cm³/mol. The van der Waals surface area contributed by atoms with E-state index in [9.17, 15) is 22.2 Å². The van der Waals surface area contributed by atoms with E-state index >= 15 is 0 Å². The summed E-state index contributed by atoms with van der Waals surface area (Å²) >= 11 is 0. The molecule has 1 saturated heterocycles. The predicted octanol–water partition coefficient (Wildman–Crippen LogP) is 4.54. The van der Waals surface area contributed by atoms with Crippen LogP contribution in [-0.4, -0.2) is 32.7 Å². The van der Waals surface area contributed by atoms with E-state index in [2.05, 4.69) is 0 Å². The average Bonchev–Trinajstić information content (AvgIpc) is 2.68. The minimum absolute atomic E-state index is 0.118. The van der Waals surface area contributed by atoms with Crippen molar-refractivity contribution in [3.05, 3.63) is 64.7 Å². The van der Waals surface area contributed by atoms with Gasteiger partial charge in [0.1, 0.15) is 11.0 Å². The lowest BCUT2D eigenvalue weighted by Gasteiger charge is -2.31. The minimum Gasteiger partial charge on any atom is -0.481 e. The fourth-order valence-electron chi connectivity index (χ4n) is 3.56. The summed E-state index contributed by atoms with van der Waals surface area (Å²) in [5.41, 5.74) is 1.69. The third-order valence-electron chi connectivity index (χ3n) is 5.26. The van der Waals surface area contributed by atoms with Gasteiger partial charge < -0.3 is 5.11 Å². The molecule has 0 spiro atoms. The summed E-state index contributed by atoms with van der Waals surface area (Å²) in [5, 5.41) is 9.02. The Bertz CT molecular complexity index is 904. The van der Waals surface area contributed by atoms with Crippen LogP contribution in [0.15, 0.2) is 47.4 Å². The molecule has 156 valence electrons. The second kappa shape index (κ2) is 8.67. The first-order chi connectivity index (χ1) is 13.6. The van der Waals surface area contributed by atoms with Crippen molar-refractivity contribution >= 4 is 17.0 Å². The summed E-state index contributed by atoms with van der Waals surface area (Å²) in [4.78, 5) is 11.6. The number of carboxylic acids is 1. The Morgan fingerprint density at radius 3 is 2.31 bits per heavy atom. The molecule has 0 bridgehead atoms. The molecule has 2 aromatic carbocycles. The first-order valence-electron chi connectivity index (χ1n) is 9.30. The monoisotopic (exact) mass is 425 g/mol. The molecule has 4 nitrogen and oxygen atoms in total. The van der Waals surface area contributed by atoms with Gasteiger partial charge in [0.2, 0.25) is 0 Å². The number of benzene rings is 2. The Morgan fingerprint density at radius 2 is 1.76 bits per heavy atom. The number of nitrogens with zero attached hydrogens (tertiary/aromatic N) is 1. The van der Waals surface area contributed by atoms with Crippen LogP contribution in [0.3, 0.4) is 0 Å². The van der Waals surface area contributed by atoms with Crippen LogP contribution in [-0.2, 0) is 28.4 Å². The lowest BCUT2D eigenvalue weighted by atomic mass is 9.90. The molecule has 1 fully saturated rings. The summed E-state index contributed by atoms with van der Waals surface area (Å²) < 4.78 is 52.9. The van der Waals surface area contributed by atoms with Crippen LogP contribution in [0.1, 0.15) is 41.0 Å². The molecule has 1 heterocycles. The molecule has 0 aromatic heterocycles. The Balaban J connectivity index is 1.64. The van der Waals surface area contributed by atoms with Crippen molar-refractivity contribution in [1.29, 1.82) is 0 Å². The van der Waals surface area contributed by atoms with Gasteiger partial charge in [0.05, 0.1) is 16.9 Å². The van der Waals surface area contributed by atoms with E-state index in [4.69, 9.17) is 5.11 Å². The Morgan fingerprint density at radius 1 is 1.14 bits per heavy atom. The molecule has 29 heavy (non-hydrogen) atoms. The third-order valence-corrected chi connectivity index (χ3v) is 6.75. The molecule has 1 atom stereocenters. The summed E-state index contributed by atoms with van der Waals surface area (Å²) in [6, 6.07) is 10.5. The molecule has 3 rings (SSSR count). The van der Waals surface area contributed by atoms with Crippen LogP contribution >= 0.6 is 0 Å². The van der Waals surface area contributed by atoms with Gasteiger partial charge in [-0.2, -0.15) is 13.2 Å². The molecule has 1 N–H and O–H groups in total. The van der Waals surface area contributed by atoms with Gasteiger partial charge in [0.25, 0.3) is 0 Å². The highest BCUT2D eigenvalue weighted by molar-refractivity contribution is 7.82. The van der Waals surface area contributed by atoms with Gasteiger partial charge in [0.15, 0.2) is 0 Å². The molecular formula is C21H22F3NO3S. The van der Waals surface area contributed by atoms with Crippen molar-refractivity contribution in [3.63, 3.8) is 0 Å². The minimum atomic E-state index is -4.34. The van der Waals surface area contributed by atoms with Crippen LogP contribution in [0.4, 0.5) is 13.2 Å². The van der Waals surface area contributed by atoms with Crippen molar-refractivity contribution in [2.75, 3.05) is 13.1 Å². The lowest BCUT2D eigenvalue weighted by Crippen LogP contribution is -2.34. The molecule has 0 saturated carbocycles. The van der Waals surface area contributed by atoms with Gasteiger partial charge in [-0.3, -0.25) is 4.79 Å². The number of carboxylic acid groups (broad SMARTS) is 1. The van der Waals surface area contributed by atoms with Crippen LogP contribution in [0.2, 0.25) is 0 Å². The smallest absolute Gasteiger partial charge is 0.416 e. The second-order valence-corrected chi connectivity index (χ2v) is 8.72. The van der Waals surface area contributed by atoms with Crippen LogP contribution in [0.5, 0.6) is 0 Å². The van der Waals surface area contributed by atoms with Crippen molar-refractivity contribution in [3.8, 4) is 0 Å². The summed E-state index contributed by atoms with van der Waals surface area (Å²) in [6.45, 7) is 2.93. The maximum absolute atomic E-state index is 12.9. The Hall–Kier alpha value is -2.19. The fourth-order valence-corrected chi connectivity index (χ4v) is 4.83. The van der Waals surface area contributed by atoms with E-state index in [0.29, 0.717) is 36.4 Å². The quantitative estimate of drug-likeness (QED) is 0.765. The van der Waals surface area contributed by atoms with Crippen LogP contribution < -0.4 is 0 Å². The average molecular weight is 425 g/mol. The lowest BCUT2D eigenvalue weighted by molar-refractivity contribution is -0.138. The van der Waals surface area contributed by atoms with Crippen molar-refractivity contribution < 1.29 is 27.3 Å². The molecule has 0 radical (unpaired) electrons. The van der Waals surface area contributed by atoms with Gasteiger partial charge in [-0.05, 0) is 66.6 Å². The van der Waals surface area contributed by atoms with Gasteiger partial charge in [-0.15, -0.1) is 0 Å². The largest absolute Gasteiger partial charge is 0.481 e. The van der Waals surface area contributed by atoms with Gasteiger partial charge in [0, 0.05) is 13.1 Å². The molecule has 0 aliphatic carbocycles. The topological polar surface area (TPSA) is 57.6 Å². The van der Waals surface area contributed by atoms with Crippen molar-refractivity contribution in [1.82, 2.24) is 4.31 Å². The maximum atomic E-state index is 12.9. The number of aryl methyl sites for hydroxylation is 1. The third kappa shape index (κ3) is 5.25. The number of alkyl halides is 3. The van der Waals surface area contributed by atoms with E-state index in [1.165, 1.54) is 12.1 Å². The number of hydrogen-bond donors (Lipinski definition) is 1. The SMILES string of the molecule is Cc1ccc(S(=O)N2CCC(c3ccc(C(F)(F)F)cc3)CC2)cc1CC(=O)O. The number of halogens is 3. The zero-order chi connectivity index (χ0) is 21.2. The molecule has 1 aliphatic rings. The number of rotatable bonds is 5. The standard InChI is InChI=1S/C21H22F3NO3S/c1-14-2-7-19(12-17(14)13-20(26)27)29(28)25-10-8-16(9-11-25)15-3-5-18(6-4-15)21(22,23)24/h2-7,12,16H,8-11,13H2,1H3,(H,26,27). The molecule has 1 unspecified atom stereocenters. The molecule has 1 aliphatic heterocycles. The van der Waals surface area contributed by atoms with Gasteiger partial charge >= 0.3 is 12.1 Å². The summed E-state index contributed by atoms with van der Waals surface area (Å²) in [7, 11) is -1.40. The highest BCUT2D eigenvalue weighted by atomic mass is 32.2. The fraction of sp³-hybridized carbons (Fsp3) is 0.381. The molecule has 0 amide bonds. The number of piperidine rings is 1. The van der Waals surface area contributed by atoms with Crippen LogP contribution in [0.25, 0.3) is 0 Å². The molecule has 8 heteroatoms. The zero-order valence-corrected chi connectivity index (χ0v) is 16.7.